The molecule has 0 bridgehead atoms. The van der Waals surface area contributed by atoms with Crippen LogP contribution < -0.4 is 10.7 Å². The fourth-order valence-electron chi connectivity index (χ4n) is 2.76. The molecule has 0 saturated heterocycles. The van der Waals surface area contributed by atoms with Crippen molar-refractivity contribution in [2.45, 2.75) is 20.8 Å². The van der Waals surface area contributed by atoms with Crippen LogP contribution in [-0.2, 0) is 0 Å². The molecular formula is C20H18FN3O2. The molecule has 1 heterocycles. The van der Waals surface area contributed by atoms with Gasteiger partial charge in [-0.1, -0.05) is 30.3 Å². The van der Waals surface area contributed by atoms with Crippen molar-refractivity contribution in [1.29, 1.82) is 0 Å². The van der Waals surface area contributed by atoms with E-state index in [9.17, 15) is 14.0 Å². The molecule has 6 heteroatoms. The first kappa shape index (κ1) is 17.5. The molecule has 0 aliphatic carbocycles. The molecule has 1 amide bonds. The molecular weight excluding hydrogens is 333 g/mol. The summed E-state index contributed by atoms with van der Waals surface area (Å²) in [4.78, 5) is 24.9. The number of amides is 1. The van der Waals surface area contributed by atoms with Gasteiger partial charge < -0.3 is 5.32 Å². The van der Waals surface area contributed by atoms with Gasteiger partial charge in [-0.15, -0.1) is 0 Å². The van der Waals surface area contributed by atoms with Gasteiger partial charge in [-0.3, -0.25) is 9.59 Å². The molecule has 3 rings (SSSR count). The van der Waals surface area contributed by atoms with Crippen LogP contribution in [0, 0.1) is 26.6 Å². The minimum Gasteiger partial charge on any atom is -0.320 e. The number of aromatic nitrogens is 2. The molecule has 1 aromatic heterocycles. The summed E-state index contributed by atoms with van der Waals surface area (Å²) in [6.45, 7) is 5.36. The first-order valence-corrected chi connectivity index (χ1v) is 8.12. The number of carbonyl (C=O) groups excluding carboxylic acids is 1. The lowest BCUT2D eigenvalue weighted by molar-refractivity contribution is 0.101. The van der Waals surface area contributed by atoms with E-state index in [2.05, 4.69) is 10.4 Å². The van der Waals surface area contributed by atoms with Gasteiger partial charge in [0.1, 0.15) is 11.5 Å². The summed E-state index contributed by atoms with van der Waals surface area (Å²) in [6.07, 6.45) is 0. The second-order valence-electron chi connectivity index (χ2n) is 6.08. The Morgan fingerprint density at radius 1 is 1.04 bits per heavy atom. The molecule has 0 spiro atoms. The molecule has 0 unspecified atom stereocenters. The van der Waals surface area contributed by atoms with E-state index in [1.807, 2.05) is 32.0 Å². The number of carbonyl (C=O) groups is 1. The third-order valence-electron chi connectivity index (χ3n) is 4.12. The van der Waals surface area contributed by atoms with Crippen LogP contribution in [0.15, 0.2) is 53.3 Å². The average Bonchev–Trinajstić information content (AvgIpc) is 2.59. The van der Waals surface area contributed by atoms with Crippen LogP contribution in [0.3, 0.4) is 0 Å². The fourth-order valence-corrected chi connectivity index (χ4v) is 2.76. The Bertz CT molecular complexity index is 1040. The number of nitrogens with one attached hydrogen (secondary N) is 1. The number of nitrogens with zero attached hydrogens (tertiary/aromatic N) is 2. The van der Waals surface area contributed by atoms with Crippen LogP contribution in [0.2, 0.25) is 0 Å². The van der Waals surface area contributed by atoms with Crippen LogP contribution >= 0.6 is 0 Å². The smallest absolute Gasteiger partial charge is 0.280 e. The predicted octanol–water partition coefficient (Wildman–Crippen LogP) is 3.55. The van der Waals surface area contributed by atoms with Crippen molar-refractivity contribution in [3.05, 3.63) is 87.1 Å². The highest BCUT2D eigenvalue weighted by Gasteiger charge is 2.18. The first-order chi connectivity index (χ1) is 12.4. The van der Waals surface area contributed by atoms with Gasteiger partial charge in [0.2, 0.25) is 5.43 Å². The molecule has 0 aliphatic heterocycles. The summed E-state index contributed by atoms with van der Waals surface area (Å²) in [5.74, 6) is -1.12. The van der Waals surface area contributed by atoms with Gasteiger partial charge in [0.05, 0.1) is 0 Å². The molecule has 132 valence electrons. The van der Waals surface area contributed by atoms with Gasteiger partial charge in [0, 0.05) is 17.4 Å². The molecule has 0 aliphatic rings. The predicted molar refractivity (Wildman–Crippen MR) is 98.4 cm³/mol. The normalized spacial score (nSPS) is 10.6. The minimum atomic E-state index is -0.627. The SMILES string of the molecule is Cc1cccc(C)c1NC(=O)c1nn(-c2ccccc2F)c(C)cc1=O. The lowest BCUT2D eigenvalue weighted by atomic mass is 10.1. The summed E-state index contributed by atoms with van der Waals surface area (Å²) >= 11 is 0. The minimum absolute atomic E-state index is 0.172. The third-order valence-corrected chi connectivity index (χ3v) is 4.12. The summed E-state index contributed by atoms with van der Waals surface area (Å²) in [6, 6.07) is 12.9. The van der Waals surface area contributed by atoms with Crippen molar-refractivity contribution in [1.82, 2.24) is 9.78 Å². The molecule has 3 aromatic rings. The Hall–Kier alpha value is -3.28. The molecule has 26 heavy (non-hydrogen) atoms. The Balaban J connectivity index is 2.06. The Morgan fingerprint density at radius 2 is 1.69 bits per heavy atom. The van der Waals surface area contributed by atoms with Crippen LogP contribution in [0.25, 0.3) is 5.69 Å². The fraction of sp³-hybridized carbons (Fsp3) is 0.150. The topological polar surface area (TPSA) is 64.0 Å². The number of halogens is 1. The lowest BCUT2D eigenvalue weighted by Gasteiger charge is -2.13. The molecule has 0 atom stereocenters. The molecule has 0 fully saturated rings. The summed E-state index contributed by atoms with van der Waals surface area (Å²) in [5.41, 5.74) is 2.19. The van der Waals surface area contributed by atoms with Crippen molar-refractivity contribution >= 4 is 11.6 Å². The van der Waals surface area contributed by atoms with Gasteiger partial charge >= 0.3 is 0 Å². The van der Waals surface area contributed by atoms with Crippen molar-refractivity contribution in [3.63, 3.8) is 0 Å². The van der Waals surface area contributed by atoms with E-state index in [1.165, 1.54) is 22.9 Å². The van der Waals surface area contributed by atoms with Gasteiger partial charge in [0.25, 0.3) is 5.91 Å². The van der Waals surface area contributed by atoms with Crippen molar-refractivity contribution < 1.29 is 9.18 Å². The molecule has 2 aromatic carbocycles. The molecule has 0 radical (unpaired) electrons. The standard InChI is InChI=1S/C20H18FN3O2/c1-12-7-6-8-13(2)18(12)22-20(26)19-17(25)11-14(3)24(23-19)16-10-5-4-9-15(16)21/h4-11H,1-3H3,(H,22,26). The van der Waals surface area contributed by atoms with Crippen LogP contribution in [-0.4, -0.2) is 15.7 Å². The van der Waals surface area contributed by atoms with Crippen molar-refractivity contribution in [3.8, 4) is 5.69 Å². The Morgan fingerprint density at radius 3 is 2.35 bits per heavy atom. The number of aryl methyl sites for hydroxylation is 3. The second kappa shape index (κ2) is 6.92. The van der Waals surface area contributed by atoms with Crippen molar-refractivity contribution in [2.24, 2.45) is 0 Å². The Labute approximate surface area is 150 Å². The maximum atomic E-state index is 14.1. The molecule has 1 N–H and O–H groups in total. The number of hydrogen-bond donors (Lipinski definition) is 1. The zero-order chi connectivity index (χ0) is 18.8. The zero-order valence-electron chi connectivity index (χ0n) is 14.7. The second-order valence-corrected chi connectivity index (χ2v) is 6.08. The lowest BCUT2D eigenvalue weighted by Crippen LogP contribution is -2.27. The van der Waals surface area contributed by atoms with E-state index in [4.69, 9.17) is 0 Å². The third kappa shape index (κ3) is 3.26. The molecule has 5 nitrogen and oxygen atoms in total. The summed E-state index contributed by atoms with van der Waals surface area (Å²) in [5, 5.41) is 6.85. The van der Waals surface area contributed by atoms with E-state index >= 15 is 0 Å². The van der Waals surface area contributed by atoms with E-state index < -0.39 is 17.2 Å². The maximum Gasteiger partial charge on any atom is 0.280 e. The van der Waals surface area contributed by atoms with Gasteiger partial charge in [-0.2, -0.15) is 5.10 Å². The number of benzene rings is 2. The van der Waals surface area contributed by atoms with E-state index in [-0.39, 0.29) is 11.4 Å². The maximum absolute atomic E-state index is 14.1. The quantitative estimate of drug-likeness (QED) is 0.785. The highest BCUT2D eigenvalue weighted by Crippen LogP contribution is 2.20. The summed E-state index contributed by atoms with van der Waals surface area (Å²) in [7, 11) is 0. The zero-order valence-corrected chi connectivity index (χ0v) is 14.7. The highest BCUT2D eigenvalue weighted by molar-refractivity contribution is 6.03. The number of rotatable bonds is 3. The van der Waals surface area contributed by atoms with Crippen LogP contribution in [0.4, 0.5) is 10.1 Å². The number of anilines is 1. The summed E-state index contributed by atoms with van der Waals surface area (Å²) < 4.78 is 15.4. The highest BCUT2D eigenvalue weighted by atomic mass is 19.1. The van der Waals surface area contributed by atoms with E-state index in [0.29, 0.717) is 11.4 Å². The average molecular weight is 351 g/mol. The monoisotopic (exact) mass is 351 g/mol. The van der Waals surface area contributed by atoms with Gasteiger partial charge in [0.15, 0.2) is 5.69 Å². The van der Waals surface area contributed by atoms with Gasteiger partial charge in [-0.05, 0) is 44.0 Å². The number of hydrogen-bond acceptors (Lipinski definition) is 3. The largest absolute Gasteiger partial charge is 0.320 e. The van der Waals surface area contributed by atoms with Crippen LogP contribution in [0.1, 0.15) is 27.3 Å². The number of para-hydroxylation sites is 2. The van der Waals surface area contributed by atoms with Crippen LogP contribution in [0.5, 0.6) is 0 Å². The van der Waals surface area contributed by atoms with Gasteiger partial charge in [-0.25, -0.2) is 9.07 Å². The first-order valence-electron chi connectivity index (χ1n) is 8.12. The van der Waals surface area contributed by atoms with E-state index in [1.54, 1.807) is 19.1 Å². The molecule has 0 saturated carbocycles. The van der Waals surface area contributed by atoms with Crippen molar-refractivity contribution in [2.75, 3.05) is 5.32 Å². The Kier molecular flexibility index (Phi) is 4.67. The van der Waals surface area contributed by atoms with E-state index in [0.717, 1.165) is 11.1 Å².